The van der Waals surface area contributed by atoms with Gasteiger partial charge in [-0.05, 0) is 43.2 Å². The molecule has 0 heterocycles. The van der Waals surface area contributed by atoms with Gasteiger partial charge in [-0.1, -0.05) is 12.1 Å². The molecule has 0 saturated carbocycles. The third-order valence-corrected chi connectivity index (χ3v) is 4.84. The lowest BCUT2D eigenvalue weighted by Crippen LogP contribution is -2.34. The van der Waals surface area contributed by atoms with Crippen molar-refractivity contribution in [2.45, 2.75) is 13.8 Å². The highest BCUT2D eigenvalue weighted by atomic mass is 32.2. The Hall–Kier alpha value is -2.78. The molecule has 0 aromatic heterocycles. The van der Waals surface area contributed by atoms with Crippen LogP contribution in [-0.4, -0.2) is 45.4 Å². The maximum absolute atomic E-state index is 11.2. The van der Waals surface area contributed by atoms with Crippen LogP contribution < -0.4 is 9.62 Å². The van der Waals surface area contributed by atoms with Gasteiger partial charge in [0, 0.05) is 43.7 Å². The molecule has 0 aliphatic rings. The molecule has 1 N–H and O–H groups in total. The third-order valence-electron chi connectivity index (χ3n) is 4.11. The molecule has 150 valence electrons. The minimum absolute atomic E-state index is 0.0253. The fraction of sp³-hybridized carbons (Fsp3) is 0.316. The standard InChI is InChI=1S/C19H24N4O4S/c1-4-22(11-10-21-28(3,26)27)17-8-9-19(15(2)12-17)20-14-16-6-5-7-18(13-16)23(24)25/h5-9,12-14,21H,4,10-11H2,1-3H3. The van der Waals surface area contributed by atoms with Crippen LogP contribution in [0.3, 0.4) is 0 Å². The molecule has 28 heavy (non-hydrogen) atoms. The lowest BCUT2D eigenvalue weighted by atomic mass is 10.1. The Bertz CT molecular complexity index is 974. The monoisotopic (exact) mass is 404 g/mol. The number of sulfonamides is 1. The number of aryl methyl sites for hydroxylation is 1. The quantitative estimate of drug-likeness (QED) is 0.393. The normalized spacial score (nSPS) is 11.7. The van der Waals surface area contributed by atoms with Crippen LogP contribution in [0.25, 0.3) is 0 Å². The highest BCUT2D eigenvalue weighted by molar-refractivity contribution is 7.88. The van der Waals surface area contributed by atoms with E-state index in [0.717, 1.165) is 29.7 Å². The molecule has 0 radical (unpaired) electrons. The van der Waals surface area contributed by atoms with E-state index in [-0.39, 0.29) is 5.69 Å². The summed E-state index contributed by atoms with van der Waals surface area (Å²) in [7, 11) is -3.21. The second kappa shape index (κ2) is 9.43. The molecule has 2 aromatic rings. The van der Waals surface area contributed by atoms with Crippen LogP contribution in [0, 0.1) is 17.0 Å². The van der Waals surface area contributed by atoms with E-state index in [0.29, 0.717) is 18.7 Å². The molecule has 0 fully saturated rings. The minimum atomic E-state index is -3.21. The van der Waals surface area contributed by atoms with E-state index in [9.17, 15) is 18.5 Å². The highest BCUT2D eigenvalue weighted by Gasteiger charge is 2.08. The number of rotatable bonds is 9. The number of hydrogen-bond acceptors (Lipinski definition) is 6. The first-order chi connectivity index (χ1) is 13.2. The maximum Gasteiger partial charge on any atom is 0.270 e. The third kappa shape index (κ3) is 6.43. The number of aliphatic imine (C=N–C) groups is 1. The Kier molecular flexibility index (Phi) is 7.24. The van der Waals surface area contributed by atoms with Gasteiger partial charge in [-0.3, -0.25) is 15.1 Å². The summed E-state index contributed by atoms with van der Waals surface area (Å²) in [4.78, 5) is 16.9. The van der Waals surface area contributed by atoms with E-state index in [1.54, 1.807) is 18.3 Å². The van der Waals surface area contributed by atoms with Crippen molar-refractivity contribution < 1.29 is 13.3 Å². The first-order valence-electron chi connectivity index (χ1n) is 8.78. The summed E-state index contributed by atoms with van der Waals surface area (Å²) in [5.74, 6) is 0. The highest BCUT2D eigenvalue weighted by Crippen LogP contribution is 2.25. The number of nitrogens with one attached hydrogen (secondary N) is 1. The number of likely N-dealkylation sites (N-methyl/N-ethyl adjacent to an activating group) is 1. The molecular weight excluding hydrogens is 380 g/mol. The van der Waals surface area contributed by atoms with E-state index in [2.05, 4.69) is 14.6 Å². The van der Waals surface area contributed by atoms with Crippen LogP contribution in [0.2, 0.25) is 0 Å². The first kappa shape index (κ1) is 21.5. The smallest absolute Gasteiger partial charge is 0.270 e. The van der Waals surface area contributed by atoms with Gasteiger partial charge in [0.05, 0.1) is 16.9 Å². The van der Waals surface area contributed by atoms with Crippen molar-refractivity contribution >= 4 is 33.3 Å². The van der Waals surface area contributed by atoms with E-state index in [1.807, 2.05) is 32.0 Å². The molecule has 8 nitrogen and oxygen atoms in total. The Morgan fingerprint density at radius 1 is 1.25 bits per heavy atom. The fourth-order valence-corrected chi connectivity index (χ4v) is 3.14. The van der Waals surface area contributed by atoms with Crippen LogP contribution >= 0.6 is 0 Å². The van der Waals surface area contributed by atoms with Gasteiger partial charge < -0.3 is 4.90 Å². The van der Waals surface area contributed by atoms with Crippen molar-refractivity contribution in [3.05, 3.63) is 63.7 Å². The molecular formula is C19H24N4O4S. The molecule has 2 rings (SSSR count). The summed E-state index contributed by atoms with van der Waals surface area (Å²) >= 11 is 0. The zero-order chi connectivity index (χ0) is 20.7. The van der Waals surface area contributed by atoms with Gasteiger partial charge in [-0.25, -0.2) is 13.1 Å². The van der Waals surface area contributed by atoms with Crippen LogP contribution in [0.15, 0.2) is 47.5 Å². The fourth-order valence-electron chi connectivity index (χ4n) is 2.68. The molecule has 0 spiro atoms. The summed E-state index contributed by atoms with van der Waals surface area (Å²) in [5.41, 5.74) is 3.37. The van der Waals surface area contributed by atoms with E-state index >= 15 is 0 Å². The van der Waals surface area contributed by atoms with Crippen molar-refractivity contribution in [3.63, 3.8) is 0 Å². The molecule has 0 unspecified atom stereocenters. The predicted octanol–water partition coefficient (Wildman–Crippen LogP) is 3.03. The zero-order valence-electron chi connectivity index (χ0n) is 16.1. The number of nitro groups is 1. The number of nitro benzene ring substituents is 1. The van der Waals surface area contributed by atoms with Crippen LogP contribution in [0.1, 0.15) is 18.1 Å². The van der Waals surface area contributed by atoms with Gasteiger partial charge in [-0.15, -0.1) is 0 Å². The van der Waals surface area contributed by atoms with E-state index in [1.165, 1.54) is 12.1 Å². The lowest BCUT2D eigenvalue weighted by Gasteiger charge is -2.23. The second-order valence-electron chi connectivity index (χ2n) is 6.33. The number of hydrogen-bond donors (Lipinski definition) is 1. The number of benzene rings is 2. The average molecular weight is 404 g/mol. The molecule has 0 bridgehead atoms. The average Bonchev–Trinajstić information content (AvgIpc) is 2.63. The molecule has 0 aliphatic carbocycles. The Balaban J connectivity index is 2.12. The number of nitrogens with zero attached hydrogens (tertiary/aromatic N) is 3. The van der Waals surface area contributed by atoms with Gasteiger partial charge in [0.15, 0.2) is 0 Å². The Morgan fingerprint density at radius 3 is 2.61 bits per heavy atom. The van der Waals surface area contributed by atoms with Crippen molar-refractivity contribution in [2.75, 3.05) is 30.8 Å². The van der Waals surface area contributed by atoms with Gasteiger partial charge in [0.25, 0.3) is 5.69 Å². The van der Waals surface area contributed by atoms with Crippen LogP contribution in [0.4, 0.5) is 17.1 Å². The molecule has 9 heteroatoms. The van der Waals surface area contributed by atoms with Crippen molar-refractivity contribution in [1.82, 2.24) is 4.72 Å². The Labute approximate surface area is 165 Å². The molecule has 0 saturated heterocycles. The van der Waals surface area contributed by atoms with E-state index in [4.69, 9.17) is 0 Å². The van der Waals surface area contributed by atoms with Gasteiger partial charge in [-0.2, -0.15) is 0 Å². The molecule has 2 aromatic carbocycles. The predicted molar refractivity (Wildman–Crippen MR) is 112 cm³/mol. The van der Waals surface area contributed by atoms with Crippen molar-refractivity contribution in [3.8, 4) is 0 Å². The maximum atomic E-state index is 11.2. The zero-order valence-corrected chi connectivity index (χ0v) is 16.9. The number of anilines is 1. The molecule has 0 atom stereocenters. The number of non-ortho nitro benzene ring substituents is 1. The summed E-state index contributed by atoms with van der Waals surface area (Å²) < 4.78 is 24.9. The van der Waals surface area contributed by atoms with Crippen molar-refractivity contribution in [1.29, 1.82) is 0 Å². The van der Waals surface area contributed by atoms with Gasteiger partial charge in [0.2, 0.25) is 10.0 Å². The van der Waals surface area contributed by atoms with Crippen LogP contribution in [-0.2, 0) is 10.0 Å². The lowest BCUT2D eigenvalue weighted by molar-refractivity contribution is -0.384. The first-order valence-corrected chi connectivity index (χ1v) is 10.7. The Morgan fingerprint density at radius 2 is 2.00 bits per heavy atom. The topological polar surface area (TPSA) is 105 Å². The summed E-state index contributed by atoms with van der Waals surface area (Å²) in [6, 6.07) is 12.1. The van der Waals surface area contributed by atoms with Gasteiger partial charge in [0.1, 0.15) is 0 Å². The molecule has 0 amide bonds. The SMILES string of the molecule is CCN(CCNS(C)(=O)=O)c1ccc(N=Cc2cccc([N+](=O)[O-])c2)c(C)c1. The van der Waals surface area contributed by atoms with Gasteiger partial charge >= 0.3 is 0 Å². The van der Waals surface area contributed by atoms with Crippen LogP contribution in [0.5, 0.6) is 0 Å². The molecule has 0 aliphatic heterocycles. The minimum Gasteiger partial charge on any atom is -0.370 e. The van der Waals surface area contributed by atoms with E-state index < -0.39 is 14.9 Å². The second-order valence-corrected chi connectivity index (χ2v) is 8.16. The van der Waals surface area contributed by atoms with Crippen molar-refractivity contribution in [2.24, 2.45) is 4.99 Å². The summed E-state index contributed by atoms with van der Waals surface area (Å²) in [6.45, 7) is 5.56. The largest absolute Gasteiger partial charge is 0.370 e. The summed E-state index contributed by atoms with van der Waals surface area (Å²) in [5, 5.41) is 10.9. The summed E-state index contributed by atoms with van der Waals surface area (Å²) in [6.07, 6.45) is 2.74.